The molecule has 0 unspecified atom stereocenters. The van der Waals surface area contributed by atoms with Crippen LogP contribution in [-0.4, -0.2) is 0 Å². The van der Waals surface area contributed by atoms with E-state index in [2.05, 4.69) is 19.9 Å². The van der Waals surface area contributed by atoms with E-state index in [0.717, 1.165) is 11.3 Å². The summed E-state index contributed by atoms with van der Waals surface area (Å²) in [5.41, 5.74) is 7.81. The Kier molecular flexibility index (Phi) is 2.30. The molecule has 0 amide bonds. The van der Waals surface area contributed by atoms with Crippen molar-refractivity contribution in [1.29, 1.82) is 0 Å². The molecular formula is C12H15NO. The fourth-order valence-corrected chi connectivity index (χ4v) is 1.74. The SMILES string of the molecule is CC(C)c1cccc2oc(CN)cc12. The maximum Gasteiger partial charge on any atom is 0.134 e. The second-order valence-electron chi connectivity index (χ2n) is 3.83. The van der Waals surface area contributed by atoms with Crippen molar-refractivity contribution in [2.24, 2.45) is 5.73 Å². The summed E-state index contributed by atoms with van der Waals surface area (Å²) in [5.74, 6) is 1.37. The summed E-state index contributed by atoms with van der Waals surface area (Å²) in [4.78, 5) is 0. The maximum absolute atomic E-state index is 5.58. The Morgan fingerprint density at radius 3 is 2.79 bits per heavy atom. The third kappa shape index (κ3) is 1.42. The van der Waals surface area contributed by atoms with Gasteiger partial charge in [0.15, 0.2) is 0 Å². The molecular weight excluding hydrogens is 174 g/mol. The van der Waals surface area contributed by atoms with Gasteiger partial charge in [-0.05, 0) is 23.6 Å². The Balaban J connectivity index is 2.66. The van der Waals surface area contributed by atoms with Gasteiger partial charge >= 0.3 is 0 Å². The van der Waals surface area contributed by atoms with Crippen molar-refractivity contribution < 1.29 is 4.42 Å². The first-order chi connectivity index (χ1) is 6.72. The topological polar surface area (TPSA) is 39.2 Å². The van der Waals surface area contributed by atoms with Crippen LogP contribution in [0.25, 0.3) is 11.0 Å². The van der Waals surface area contributed by atoms with Gasteiger partial charge in [-0.1, -0.05) is 26.0 Å². The van der Waals surface area contributed by atoms with Gasteiger partial charge < -0.3 is 10.2 Å². The van der Waals surface area contributed by atoms with Crippen LogP contribution >= 0.6 is 0 Å². The van der Waals surface area contributed by atoms with E-state index in [1.165, 1.54) is 10.9 Å². The van der Waals surface area contributed by atoms with Crippen LogP contribution in [0.15, 0.2) is 28.7 Å². The number of benzene rings is 1. The second kappa shape index (κ2) is 3.46. The van der Waals surface area contributed by atoms with Crippen LogP contribution in [0, 0.1) is 0 Å². The minimum atomic E-state index is 0.464. The highest BCUT2D eigenvalue weighted by molar-refractivity contribution is 5.82. The number of hydrogen-bond donors (Lipinski definition) is 1. The Hall–Kier alpha value is -1.28. The van der Waals surface area contributed by atoms with E-state index in [1.54, 1.807) is 0 Å². The fraction of sp³-hybridized carbons (Fsp3) is 0.333. The Morgan fingerprint density at radius 2 is 2.14 bits per heavy atom. The predicted molar refractivity (Wildman–Crippen MR) is 58.2 cm³/mol. The van der Waals surface area contributed by atoms with Crippen molar-refractivity contribution in [2.45, 2.75) is 26.3 Å². The van der Waals surface area contributed by atoms with Gasteiger partial charge in [0, 0.05) is 5.39 Å². The van der Waals surface area contributed by atoms with Crippen molar-refractivity contribution in [3.8, 4) is 0 Å². The molecule has 14 heavy (non-hydrogen) atoms. The van der Waals surface area contributed by atoms with Crippen molar-refractivity contribution in [3.63, 3.8) is 0 Å². The van der Waals surface area contributed by atoms with Crippen LogP contribution in [0.5, 0.6) is 0 Å². The van der Waals surface area contributed by atoms with Gasteiger partial charge in [-0.2, -0.15) is 0 Å². The van der Waals surface area contributed by atoms with E-state index in [-0.39, 0.29) is 0 Å². The minimum absolute atomic E-state index is 0.464. The van der Waals surface area contributed by atoms with Crippen molar-refractivity contribution in [1.82, 2.24) is 0 Å². The van der Waals surface area contributed by atoms with Gasteiger partial charge in [0.2, 0.25) is 0 Å². The zero-order valence-corrected chi connectivity index (χ0v) is 8.58. The molecule has 0 saturated carbocycles. The lowest BCUT2D eigenvalue weighted by Gasteiger charge is -2.04. The predicted octanol–water partition coefficient (Wildman–Crippen LogP) is 3.01. The van der Waals surface area contributed by atoms with Crippen LogP contribution in [0.4, 0.5) is 0 Å². The molecule has 2 N–H and O–H groups in total. The van der Waals surface area contributed by atoms with Gasteiger partial charge in [-0.15, -0.1) is 0 Å². The van der Waals surface area contributed by atoms with Gasteiger partial charge in [-0.3, -0.25) is 0 Å². The number of rotatable bonds is 2. The Morgan fingerprint density at radius 1 is 1.36 bits per heavy atom. The molecule has 2 heteroatoms. The second-order valence-corrected chi connectivity index (χ2v) is 3.83. The highest BCUT2D eigenvalue weighted by Gasteiger charge is 2.08. The smallest absolute Gasteiger partial charge is 0.134 e. The molecule has 0 aliphatic carbocycles. The van der Waals surface area contributed by atoms with E-state index < -0.39 is 0 Å². The molecule has 1 heterocycles. The van der Waals surface area contributed by atoms with Crippen LogP contribution in [0.2, 0.25) is 0 Å². The molecule has 0 aliphatic rings. The van der Waals surface area contributed by atoms with Crippen LogP contribution in [-0.2, 0) is 6.54 Å². The molecule has 1 aromatic carbocycles. The Bertz CT molecular complexity index is 443. The molecule has 1 aromatic heterocycles. The summed E-state index contributed by atoms with van der Waals surface area (Å²) in [7, 11) is 0. The number of hydrogen-bond acceptors (Lipinski definition) is 2. The minimum Gasteiger partial charge on any atom is -0.460 e. The third-order valence-corrected chi connectivity index (χ3v) is 2.47. The highest BCUT2D eigenvalue weighted by Crippen LogP contribution is 2.27. The lowest BCUT2D eigenvalue weighted by Crippen LogP contribution is -1.92. The molecule has 0 spiro atoms. The molecule has 0 bridgehead atoms. The molecule has 2 nitrogen and oxygen atoms in total. The monoisotopic (exact) mass is 189 g/mol. The first kappa shape index (κ1) is 9.28. The summed E-state index contributed by atoms with van der Waals surface area (Å²) in [6.45, 7) is 4.83. The average Bonchev–Trinajstić information content (AvgIpc) is 2.59. The lowest BCUT2D eigenvalue weighted by molar-refractivity contribution is 0.552. The van der Waals surface area contributed by atoms with Crippen molar-refractivity contribution in [3.05, 3.63) is 35.6 Å². The van der Waals surface area contributed by atoms with E-state index >= 15 is 0 Å². The van der Waals surface area contributed by atoms with Crippen LogP contribution < -0.4 is 5.73 Å². The molecule has 74 valence electrons. The normalized spacial score (nSPS) is 11.4. The molecule has 0 aliphatic heterocycles. The van der Waals surface area contributed by atoms with E-state index in [9.17, 15) is 0 Å². The number of fused-ring (bicyclic) bond motifs is 1. The quantitative estimate of drug-likeness (QED) is 0.788. The summed E-state index contributed by atoms with van der Waals surface area (Å²) in [6.07, 6.45) is 0. The molecule has 0 atom stereocenters. The summed E-state index contributed by atoms with van der Waals surface area (Å²) in [5, 5.41) is 1.20. The Labute approximate surface area is 83.7 Å². The van der Waals surface area contributed by atoms with Gasteiger partial charge in [0.25, 0.3) is 0 Å². The first-order valence-electron chi connectivity index (χ1n) is 4.93. The van der Waals surface area contributed by atoms with Gasteiger partial charge in [-0.25, -0.2) is 0 Å². The standard InChI is InChI=1S/C12H15NO/c1-8(2)10-4-3-5-12-11(10)6-9(7-13)14-12/h3-6,8H,7,13H2,1-2H3. The summed E-state index contributed by atoms with van der Waals surface area (Å²) >= 11 is 0. The first-order valence-corrected chi connectivity index (χ1v) is 4.93. The van der Waals surface area contributed by atoms with E-state index in [4.69, 9.17) is 10.2 Å². The van der Waals surface area contributed by atoms with Gasteiger partial charge in [0.05, 0.1) is 6.54 Å². The van der Waals surface area contributed by atoms with E-state index in [1.807, 2.05) is 18.2 Å². The molecule has 0 radical (unpaired) electrons. The fourth-order valence-electron chi connectivity index (χ4n) is 1.74. The molecule has 0 saturated heterocycles. The summed E-state index contributed by atoms with van der Waals surface area (Å²) < 4.78 is 5.58. The lowest BCUT2D eigenvalue weighted by atomic mass is 9.99. The zero-order chi connectivity index (χ0) is 10.1. The van der Waals surface area contributed by atoms with Crippen molar-refractivity contribution >= 4 is 11.0 Å². The third-order valence-electron chi connectivity index (χ3n) is 2.47. The maximum atomic E-state index is 5.58. The summed E-state index contributed by atoms with van der Waals surface area (Å²) in [6, 6.07) is 8.20. The van der Waals surface area contributed by atoms with Gasteiger partial charge in [0.1, 0.15) is 11.3 Å². The molecule has 0 fully saturated rings. The molecule has 2 rings (SSSR count). The average molecular weight is 189 g/mol. The van der Waals surface area contributed by atoms with E-state index in [0.29, 0.717) is 12.5 Å². The largest absolute Gasteiger partial charge is 0.460 e. The molecule has 2 aromatic rings. The van der Waals surface area contributed by atoms with Crippen LogP contribution in [0.1, 0.15) is 31.1 Å². The zero-order valence-electron chi connectivity index (χ0n) is 8.58. The van der Waals surface area contributed by atoms with Crippen molar-refractivity contribution in [2.75, 3.05) is 0 Å². The number of furan rings is 1. The number of nitrogens with two attached hydrogens (primary N) is 1. The highest BCUT2D eigenvalue weighted by atomic mass is 16.3. The van der Waals surface area contributed by atoms with Crippen LogP contribution in [0.3, 0.4) is 0 Å².